The molecule has 1 unspecified atom stereocenters. The minimum atomic E-state index is -0.126. The van der Waals surface area contributed by atoms with Gasteiger partial charge in [0.2, 0.25) is 0 Å². The van der Waals surface area contributed by atoms with E-state index in [4.69, 9.17) is 16.3 Å². The first-order chi connectivity index (χ1) is 11.2. The van der Waals surface area contributed by atoms with Crippen LogP contribution < -0.4 is 0 Å². The maximum absolute atomic E-state index is 6.46. The van der Waals surface area contributed by atoms with E-state index < -0.39 is 0 Å². The zero-order valence-corrected chi connectivity index (χ0v) is 15.1. The van der Waals surface area contributed by atoms with Crippen LogP contribution in [0.3, 0.4) is 0 Å². The smallest absolute Gasteiger partial charge is 0.0954 e. The van der Waals surface area contributed by atoms with Crippen molar-refractivity contribution >= 4 is 22.5 Å². The molecule has 2 aromatic rings. The van der Waals surface area contributed by atoms with Crippen LogP contribution in [0.4, 0.5) is 0 Å². The summed E-state index contributed by atoms with van der Waals surface area (Å²) in [5.41, 5.74) is 3.63. The van der Waals surface area contributed by atoms with Gasteiger partial charge in [-0.05, 0) is 50.8 Å². The normalized spacial score (nSPS) is 21.9. The largest absolute Gasteiger partial charge is 0.370 e. The molecular weight excluding hydrogens is 306 g/mol. The fourth-order valence-electron chi connectivity index (χ4n) is 4.09. The van der Waals surface area contributed by atoms with Gasteiger partial charge in [0.25, 0.3) is 0 Å². The van der Waals surface area contributed by atoms with Crippen molar-refractivity contribution in [2.75, 3.05) is 6.61 Å². The van der Waals surface area contributed by atoms with E-state index >= 15 is 0 Å². The van der Waals surface area contributed by atoms with Crippen molar-refractivity contribution in [1.29, 1.82) is 0 Å². The summed E-state index contributed by atoms with van der Waals surface area (Å²) in [5, 5.41) is 2.04. The van der Waals surface area contributed by atoms with Crippen LogP contribution in [0.1, 0.15) is 69.5 Å². The lowest BCUT2D eigenvalue weighted by Crippen LogP contribution is -2.34. The number of H-pyrrole nitrogens is 1. The molecule has 1 aromatic carbocycles. The maximum atomic E-state index is 6.46. The molecule has 1 saturated heterocycles. The summed E-state index contributed by atoms with van der Waals surface area (Å²) in [5.74, 6) is 0. The van der Waals surface area contributed by atoms with E-state index in [1.165, 1.54) is 60.7 Å². The number of hydrogen-bond donors (Lipinski definition) is 1. The molecule has 2 nitrogen and oxygen atoms in total. The first-order valence-corrected chi connectivity index (χ1v) is 9.46. The Balaban J connectivity index is 1.99. The van der Waals surface area contributed by atoms with Crippen molar-refractivity contribution in [2.45, 2.75) is 70.8 Å². The predicted molar refractivity (Wildman–Crippen MR) is 98.3 cm³/mol. The molecule has 1 aromatic heterocycles. The predicted octanol–water partition coefficient (Wildman–Crippen LogP) is 6.50. The molecule has 0 aliphatic carbocycles. The molecule has 0 amide bonds. The van der Waals surface area contributed by atoms with Gasteiger partial charge in [-0.1, -0.05) is 44.2 Å². The van der Waals surface area contributed by atoms with Crippen molar-refractivity contribution in [3.63, 3.8) is 0 Å². The fourth-order valence-corrected chi connectivity index (χ4v) is 4.27. The number of ether oxygens (including phenoxy) is 1. The molecule has 0 radical (unpaired) electrons. The van der Waals surface area contributed by atoms with Crippen LogP contribution in [-0.2, 0) is 10.3 Å². The molecule has 3 heteroatoms. The number of nitrogens with one attached hydrogen (secondary N) is 1. The summed E-state index contributed by atoms with van der Waals surface area (Å²) in [4.78, 5) is 3.54. The second-order valence-corrected chi connectivity index (χ2v) is 7.36. The number of fused-ring (bicyclic) bond motifs is 1. The van der Waals surface area contributed by atoms with E-state index in [0.717, 1.165) is 24.5 Å². The average Bonchev–Trinajstić information content (AvgIpc) is 2.88. The number of benzene rings is 1. The van der Waals surface area contributed by atoms with Crippen molar-refractivity contribution in [1.82, 2.24) is 4.98 Å². The number of aromatic nitrogens is 1. The monoisotopic (exact) mass is 333 g/mol. The lowest BCUT2D eigenvalue weighted by molar-refractivity contribution is -0.0901. The van der Waals surface area contributed by atoms with Crippen molar-refractivity contribution < 1.29 is 4.74 Å². The van der Waals surface area contributed by atoms with Crippen LogP contribution in [-0.4, -0.2) is 11.6 Å². The number of aromatic amines is 1. The highest BCUT2D eigenvalue weighted by molar-refractivity contribution is 6.31. The Morgan fingerprint density at radius 3 is 2.83 bits per heavy atom. The van der Waals surface area contributed by atoms with Gasteiger partial charge in [0.1, 0.15) is 0 Å². The van der Waals surface area contributed by atoms with Crippen molar-refractivity contribution in [3.8, 4) is 0 Å². The SMILES string of the molecule is CCCCCCC1(c2c(C)[nH]c3ccc(Cl)cc23)CCCCO1. The number of hydrogen-bond acceptors (Lipinski definition) is 1. The topological polar surface area (TPSA) is 25.0 Å². The molecule has 0 saturated carbocycles. The number of unbranched alkanes of at least 4 members (excludes halogenated alkanes) is 3. The Morgan fingerprint density at radius 1 is 1.22 bits per heavy atom. The van der Waals surface area contributed by atoms with Gasteiger partial charge < -0.3 is 9.72 Å². The summed E-state index contributed by atoms with van der Waals surface area (Å²) in [6.45, 7) is 5.31. The van der Waals surface area contributed by atoms with Gasteiger partial charge in [0.05, 0.1) is 5.60 Å². The third kappa shape index (κ3) is 3.44. The summed E-state index contributed by atoms with van der Waals surface area (Å²) < 4.78 is 6.46. The molecule has 2 heterocycles. The summed E-state index contributed by atoms with van der Waals surface area (Å²) in [6.07, 6.45) is 9.79. The van der Waals surface area contributed by atoms with E-state index in [2.05, 4.69) is 31.0 Å². The number of rotatable bonds is 6. The number of aryl methyl sites for hydroxylation is 1. The van der Waals surface area contributed by atoms with Gasteiger partial charge in [0, 0.05) is 33.8 Å². The first-order valence-electron chi connectivity index (χ1n) is 9.08. The highest BCUT2D eigenvalue weighted by atomic mass is 35.5. The Kier molecular flexibility index (Phi) is 5.33. The Morgan fingerprint density at radius 2 is 2.09 bits per heavy atom. The highest BCUT2D eigenvalue weighted by Gasteiger charge is 2.38. The highest BCUT2D eigenvalue weighted by Crippen LogP contribution is 2.44. The van der Waals surface area contributed by atoms with Crippen LogP contribution >= 0.6 is 11.6 Å². The Bertz CT molecular complexity index is 655. The molecule has 1 N–H and O–H groups in total. The number of halogens is 1. The van der Waals surface area contributed by atoms with E-state index in [-0.39, 0.29) is 5.60 Å². The van der Waals surface area contributed by atoms with E-state index in [0.29, 0.717) is 0 Å². The molecule has 126 valence electrons. The summed E-state index contributed by atoms with van der Waals surface area (Å²) >= 11 is 6.28. The van der Waals surface area contributed by atoms with Crippen LogP contribution in [0, 0.1) is 6.92 Å². The first kappa shape index (κ1) is 16.9. The lowest BCUT2D eigenvalue weighted by Gasteiger charge is -2.38. The third-order valence-electron chi connectivity index (χ3n) is 5.19. The molecule has 1 aliphatic rings. The van der Waals surface area contributed by atoms with Crippen LogP contribution in [0.15, 0.2) is 18.2 Å². The van der Waals surface area contributed by atoms with Gasteiger partial charge >= 0.3 is 0 Å². The summed E-state index contributed by atoms with van der Waals surface area (Å²) in [6, 6.07) is 6.14. The molecule has 0 bridgehead atoms. The quantitative estimate of drug-likeness (QED) is 0.600. The van der Waals surface area contributed by atoms with Crippen molar-refractivity contribution in [2.24, 2.45) is 0 Å². The molecule has 0 spiro atoms. The van der Waals surface area contributed by atoms with Crippen molar-refractivity contribution in [3.05, 3.63) is 34.5 Å². The van der Waals surface area contributed by atoms with Gasteiger partial charge in [-0.3, -0.25) is 0 Å². The molecule has 23 heavy (non-hydrogen) atoms. The third-order valence-corrected chi connectivity index (χ3v) is 5.43. The van der Waals surface area contributed by atoms with Gasteiger partial charge in [0.15, 0.2) is 0 Å². The second kappa shape index (κ2) is 7.27. The van der Waals surface area contributed by atoms with Crippen LogP contribution in [0.2, 0.25) is 5.02 Å². The summed E-state index contributed by atoms with van der Waals surface area (Å²) in [7, 11) is 0. The molecule has 1 fully saturated rings. The lowest BCUT2D eigenvalue weighted by atomic mass is 9.80. The van der Waals surface area contributed by atoms with Crippen LogP contribution in [0.25, 0.3) is 10.9 Å². The minimum Gasteiger partial charge on any atom is -0.370 e. The maximum Gasteiger partial charge on any atom is 0.0954 e. The second-order valence-electron chi connectivity index (χ2n) is 6.93. The van der Waals surface area contributed by atoms with Gasteiger partial charge in [-0.2, -0.15) is 0 Å². The molecule has 1 atom stereocenters. The zero-order chi connectivity index (χ0) is 16.3. The van der Waals surface area contributed by atoms with Gasteiger partial charge in [-0.25, -0.2) is 0 Å². The minimum absolute atomic E-state index is 0.126. The molecule has 1 aliphatic heterocycles. The fraction of sp³-hybridized carbons (Fsp3) is 0.600. The Hall–Kier alpha value is -0.990. The van der Waals surface area contributed by atoms with E-state index in [9.17, 15) is 0 Å². The average molecular weight is 334 g/mol. The zero-order valence-electron chi connectivity index (χ0n) is 14.4. The standard InChI is InChI=1S/C20H28ClNO/c1-3-4-5-6-11-20(12-7-8-13-23-20)19-15(2)22-18-10-9-16(21)14-17(18)19/h9-10,14,22H,3-8,11-13H2,1-2H3. The van der Waals surface area contributed by atoms with E-state index in [1.54, 1.807) is 0 Å². The molecule has 3 rings (SSSR count). The Labute approximate surface area is 144 Å². The molecular formula is C20H28ClNO. The van der Waals surface area contributed by atoms with E-state index in [1.807, 2.05) is 6.07 Å². The van der Waals surface area contributed by atoms with Gasteiger partial charge in [-0.15, -0.1) is 0 Å². The van der Waals surface area contributed by atoms with Crippen LogP contribution in [0.5, 0.6) is 0 Å².